The molecule has 0 aliphatic heterocycles. The smallest absolute Gasteiger partial charge is 0.0830 e. The van der Waals surface area contributed by atoms with Crippen molar-refractivity contribution in [3.63, 3.8) is 0 Å². The molecule has 1 aromatic carbocycles. The summed E-state index contributed by atoms with van der Waals surface area (Å²) in [6.45, 7) is 18.0. The molecule has 0 heterocycles. The number of benzene rings is 1. The van der Waals surface area contributed by atoms with Crippen LogP contribution < -0.4 is 5.59 Å². The second-order valence-corrected chi connectivity index (χ2v) is 9.02. The molecule has 0 saturated carbocycles. The van der Waals surface area contributed by atoms with Gasteiger partial charge in [0.05, 0.1) is 18.8 Å². The Hall–Kier alpha value is -1.11. The highest BCUT2D eigenvalue weighted by Gasteiger charge is 2.14. The first-order chi connectivity index (χ1) is 13.2. The number of hydrogen-bond acceptors (Lipinski definition) is 5. The summed E-state index contributed by atoms with van der Waals surface area (Å²) >= 11 is 1.81. The predicted molar refractivity (Wildman–Crippen MR) is 122 cm³/mol. The minimum absolute atomic E-state index is 0.294. The van der Waals surface area contributed by atoms with E-state index in [1.54, 1.807) is 5.17 Å². The van der Waals surface area contributed by atoms with Gasteiger partial charge in [0.2, 0.25) is 0 Å². The molecular formula is C23H38N2O2S. The zero-order chi connectivity index (χ0) is 21.2. The standard InChI is InChI=1S/C23H38N2O2S/c1-9-15-26-25(24-27-23(6,7)8)16-20-11-13-21(14-12-20)22(18(3)4)28-17-19(5)10-2/h11-14,17,24H,9-10,15-16H2,1-8H3/b19-17+. The number of hydrazine groups is 1. The van der Waals surface area contributed by atoms with Crippen LogP contribution in [0.2, 0.25) is 0 Å². The number of allylic oxidation sites excluding steroid dienone is 2. The Morgan fingerprint density at radius 3 is 2.25 bits per heavy atom. The lowest BCUT2D eigenvalue weighted by Crippen LogP contribution is -2.42. The third-order valence-electron chi connectivity index (χ3n) is 3.84. The first kappa shape index (κ1) is 24.9. The molecule has 0 radical (unpaired) electrons. The topological polar surface area (TPSA) is 33.7 Å². The quantitative estimate of drug-likeness (QED) is 0.406. The summed E-state index contributed by atoms with van der Waals surface area (Å²) in [5, 5.41) is 3.91. The molecule has 0 unspecified atom stereocenters. The maximum absolute atomic E-state index is 5.76. The molecule has 0 bridgehead atoms. The van der Waals surface area contributed by atoms with Crippen LogP contribution in [0.3, 0.4) is 0 Å². The lowest BCUT2D eigenvalue weighted by Gasteiger charge is -2.27. The van der Waals surface area contributed by atoms with E-state index in [0.717, 1.165) is 18.4 Å². The lowest BCUT2D eigenvalue weighted by molar-refractivity contribution is -0.301. The Balaban J connectivity index is 2.85. The Kier molecular flexibility index (Phi) is 11.1. The molecule has 0 aromatic heterocycles. The van der Waals surface area contributed by atoms with Gasteiger partial charge in [-0.1, -0.05) is 66.2 Å². The van der Waals surface area contributed by atoms with Gasteiger partial charge in [0.1, 0.15) is 0 Å². The molecular weight excluding hydrogens is 368 g/mol. The fourth-order valence-corrected chi connectivity index (χ4v) is 3.13. The van der Waals surface area contributed by atoms with Gasteiger partial charge in [0, 0.05) is 4.91 Å². The van der Waals surface area contributed by atoms with Gasteiger partial charge in [-0.25, -0.2) is 0 Å². The summed E-state index contributed by atoms with van der Waals surface area (Å²) in [7, 11) is 0. The Morgan fingerprint density at radius 2 is 1.75 bits per heavy atom. The van der Waals surface area contributed by atoms with E-state index in [1.807, 2.05) is 32.5 Å². The first-order valence-electron chi connectivity index (χ1n) is 10.1. The van der Waals surface area contributed by atoms with E-state index in [-0.39, 0.29) is 5.60 Å². The van der Waals surface area contributed by atoms with Crippen molar-refractivity contribution in [1.29, 1.82) is 0 Å². The molecule has 1 aromatic rings. The van der Waals surface area contributed by atoms with Crippen LogP contribution in [-0.2, 0) is 16.2 Å². The van der Waals surface area contributed by atoms with Crippen LogP contribution in [0.15, 0.2) is 40.8 Å². The molecule has 5 heteroatoms. The first-order valence-corrected chi connectivity index (χ1v) is 11.0. The molecule has 0 aliphatic carbocycles. The molecule has 0 fully saturated rings. The van der Waals surface area contributed by atoms with Crippen molar-refractivity contribution >= 4 is 16.7 Å². The highest BCUT2D eigenvalue weighted by atomic mass is 32.2. The van der Waals surface area contributed by atoms with Crippen LogP contribution in [-0.4, -0.2) is 17.4 Å². The van der Waals surface area contributed by atoms with E-state index in [2.05, 4.69) is 69.9 Å². The van der Waals surface area contributed by atoms with Crippen LogP contribution in [0.1, 0.15) is 79.4 Å². The summed E-state index contributed by atoms with van der Waals surface area (Å²) in [6, 6.07) is 8.66. The number of hydroxylamine groups is 1. The van der Waals surface area contributed by atoms with Gasteiger partial charge in [-0.2, -0.15) is 0 Å². The summed E-state index contributed by atoms with van der Waals surface area (Å²) in [4.78, 5) is 12.7. The minimum atomic E-state index is -0.294. The van der Waals surface area contributed by atoms with E-state index in [4.69, 9.17) is 9.68 Å². The maximum Gasteiger partial charge on any atom is 0.0830 e. The van der Waals surface area contributed by atoms with Crippen LogP contribution in [0.5, 0.6) is 0 Å². The zero-order valence-corrected chi connectivity index (χ0v) is 19.7. The average Bonchev–Trinajstić information content (AvgIpc) is 2.64. The van der Waals surface area contributed by atoms with Crippen molar-refractivity contribution in [3.8, 4) is 0 Å². The molecule has 0 amide bonds. The van der Waals surface area contributed by atoms with E-state index in [1.165, 1.54) is 21.6 Å². The molecule has 1 rings (SSSR count). The second-order valence-electron chi connectivity index (χ2n) is 8.14. The second kappa shape index (κ2) is 12.5. The Morgan fingerprint density at radius 1 is 1.11 bits per heavy atom. The summed E-state index contributed by atoms with van der Waals surface area (Å²) in [6.07, 6.45) is 2.03. The SMILES string of the molecule is CCCON(Cc1ccc(C(S/C=C(\C)CC)=C(C)C)cc1)NOC(C)(C)C. The number of nitrogens with zero attached hydrogens (tertiary/aromatic N) is 1. The van der Waals surface area contributed by atoms with E-state index >= 15 is 0 Å². The Bertz CT molecular complexity index is 642. The van der Waals surface area contributed by atoms with Crippen molar-refractivity contribution in [3.05, 3.63) is 51.9 Å². The molecule has 28 heavy (non-hydrogen) atoms. The van der Waals surface area contributed by atoms with Gasteiger partial charge < -0.3 is 0 Å². The fraction of sp³-hybridized carbons (Fsp3) is 0.565. The van der Waals surface area contributed by atoms with Crippen LogP contribution >= 0.6 is 11.8 Å². The van der Waals surface area contributed by atoms with Crippen LogP contribution in [0, 0.1) is 0 Å². The summed E-state index contributed by atoms with van der Waals surface area (Å²) in [5.74, 6) is 0. The van der Waals surface area contributed by atoms with E-state index in [9.17, 15) is 0 Å². The van der Waals surface area contributed by atoms with Gasteiger partial charge in [-0.05, 0) is 70.9 Å². The number of hydrogen-bond donors (Lipinski definition) is 1. The molecule has 158 valence electrons. The number of nitrogens with one attached hydrogen (secondary N) is 1. The van der Waals surface area contributed by atoms with Gasteiger partial charge in [-0.15, -0.1) is 5.59 Å². The highest BCUT2D eigenvalue weighted by molar-refractivity contribution is 8.11. The van der Waals surface area contributed by atoms with Gasteiger partial charge in [0.15, 0.2) is 0 Å². The molecule has 0 saturated heterocycles. The summed E-state index contributed by atoms with van der Waals surface area (Å²) < 4.78 is 0. The summed E-state index contributed by atoms with van der Waals surface area (Å²) in [5.41, 5.74) is 7.76. The lowest BCUT2D eigenvalue weighted by atomic mass is 10.1. The largest absolute Gasteiger partial charge is 0.282 e. The third-order valence-corrected chi connectivity index (χ3v) is 5.24. The fourth-order valence-electron chi connectivity index (χ4n) is 2.14. The minimum Gasteiger partial charge on any atom is -0.282 e. The van der Waals surface area contributed by atoms with E-state index in [0.29, 0.717) is 13.2 Å². The van der Waals surface area contributed by atoms with Crippen LogP contribution in [0.25, 0.3) is 4.91 Å². The van der Waals surface area contributed by atoms with Crippen molar-refractivity contribution in [2.75, 3.05) is 6.61 Å². The molecule has 0 aliphatic rings. The van der Waals surface area contributed by atoms with Crippen molar-refractivity contribution < 1.29 is 9.68 Å². The third kappa shape index (κ3) is 9.89. The maximum atomic E-state index is 5.76. The monoisotopic (exact) mass is 406 g/mol. The Labute approximate surface area is 176 Å². The van der Waals surface area contributed by atoms with Crippen LogP contribution in [0.4, 0.5) is 0 Å². The van der Waals surface area contributed by atoms with Crippen molar-refractivity contribution in [1.82, 2.24) is 10.8 Å². The van der Waals surface area contributed by atoms with Gasteiger partial charge in [0.25, 0.3) is 0 Å². The highest BCUT2D eigenvalue weighted by Crippen LogP contribution is 2.33. The number of thioether (sulfide) groups is 1. The normalized spacial score (nSPS) is 12.5. The van der Waals surface area contributed by atoms with Crippen molar-refractivity contribution in [2.24, 2.45) is 0 Å². The molecule has 0 spiro atoms. The van der Waals surface area contributed by atoms with E-state index < -0.39 is 0 Å². The number of rotatable bonds is 11. The van der Waals surface area contributed by atoms with Crippen molar-refractivity contribution in [2.45, 2.75) is 80.4 Å². The molecule has 4 nitrogen and oxygen atoms in total. The molecule has 0 atom stereocenters. The van der Waals surface area contributed by atoms with Gasteiger partial charge >= 0.3 is 0 Å². The average molecular weight is 407 g/mol. The van der Waals surface area contributed by atoms with Gasteiger partial charge in [-0.3, -0.25) is 9.68 Å². The molecule has 1 N–H and O–H groups in total. The zero-order valence-electron chi connectivity index (χ0n) is 18.9. The predicted octanol–water partition coefficient (Wildman–Crippen LogP) is 6.86.